The monoisotopic (exact) mass is 398 g/mol. The fourth-order valence-electron chi connectivity index (χ4n) is 3.86. The number of carboxylic acid groups (broad SMARTS) is 1. The van der Waals surface area contributed by atoms with E-state index >= 15 is 0 Å². The molecule has 1 aliphatic rings. The van der Waals surface area contributed by atoms with Gasteiger partial charge in [-0.15, -0.1) is 0 Å². The molecule has 0 atom stereocenters. The fraction of sp³-hybridized carbons (Fsp3) is 0.200. The number of aromatic nitrogens is 2. The van der Waals surface area contributed by atoms with Crippen LogP contribution in [0.2, 0.25) is 0 Å². The van der Waals surface area contributed by atoms with Gasteiger partial charge < -0.3 is 14.8 Å². The number of benzene rings is 3. The molecule has 1 heterocycles. The first-order valence-corrected chi connectivity index (χ1v) is 10.1. The number of hydrogen-bond donors (Lipinski definition) is 2. The minimum atomic E-state index is -0.976. The second-order valence-corrected chi connectivity index (χ2v) is 8.01. The third kappa shape index (κ3) is 3.43. The average molecular weight is 398 g/mol. The lowest BCUT2D eigenvalue weighted by molar-refractivity contribution is 0.0695. The number of aromatic carboxylic acids is 1. The SMILES string of the molecule is Cc1ccc(Oc2nc3cc(-c4ccc(C5CC5)cc4)c(C)cc3[nH]2)cc1C(=O)O. The number of imidazole rings is 1. The molecule has 30 heavy (non-hydrogen) atoms. The quantitative estimate of drug-likeness (QED) is 0.419. The summed E-state index contributed by atoms with van der Waals surface area (Å²) in [5.41, 5.74) is 7.49. The van der Waals surface area contributed by atoms with Gasteiger partial charge in [-0.1, -0.05) is 30.3 Å². The van der Waals surface area contributed by atoms with Crippen LogP contribution in [0.5, 0.6) is 11.8 Å². The molecule has 2 N–H and O–H groups in total. The summed E-state index contributed by atoms with van der Waals surface area (Å²) < 4.78 is 5.81. The molecule has 150 valence electrons. The van der Waals surface area contributed by atoms with Gasteiger partial charge in [0, 0.05) is 0 Å². The van der Waals surface area contributed by atoms with Crippen LogP contribution in [0.3, 0.4) is 0 Å². The van der Waals surface area contributed by atoms with Gasteiger partial charge in [0.15, 0.2) is 0 Å². The number of nitrogens with zero attached hydrogens (tertiary/aromatic N) is 1. The van der Waals surface area contributed by atoms with Gasteiger partial charge in [-0.3, -0.25) is 0 Å². The molecule has 0 spiro atoms. The molecule has 0 amide bonds. The molecule has 1 saturated carbocycles. The van der Waals surface area contributed by atoms with Crippen molar-refractivity contribution in [3.63, 3.8) is 0 Å². The Morgan fingerprint density at radius 3 is 2.50 bits per heavy atom. The molecule has 4 aromatic rings. The number of ether oxygens (including phenoxy) is 1. The summed E-state index contributed by atoms with van der Waals surface area (Å²) in [6, 6.07) is 18.3. The summed E-state index contributed by atoms with van der Waals surface area (Å²) in [6.45, 7) is 3.85. The number of carboxylic acids is 1. The smallest absolute Gasteiger partial charge is 0.336 e. The molecule has 5 nitrogen and oxygen atoms in total. The van der Waals surface area contributed by atoms with Crippen molar-refractivity contribution in [1.29, 1.82) is 0 Å². The van der Waals surface area contributed by atoms with Gasteiger partial charge in [0.25, 0.3) is 6.01 Å². The number of carbonyl (C=O) groups is 1. The van der Waals surface area contributed by atoms with E-state index in [4.69, 9.17) is 4.74 Å². The Kier molecular flexibility index (Phi) is 4.31. The van der Waals surface area contributed by atoms with Crippen LogP contribution in [0.25, 0.3) is 22.2 Å². The van der Waals surface area contributed by atoms with E-state index in [0.717, 1.165) is 28.1 Å². The van der Waals surface area contributed by atoms with E-state index in [9.17, 15) is 9.90 Å². The number of aryl methyl sites for hydroxylation is 2. The Morgan fingerprint density at radius 2 is 1.80 bits per heavy atom. The Morgan fingerprint density at radius 1 is 1.03 bits per heavy atom. The van der Waals surface area contributed by atoms with Crippen LogP contribution in [-0.2, 0) is 0 Å². The molecule has 0 radical (unpaired) electrons. The van der Waals surface area contributed by atoms with E-state index in [-0.39, 0.29) is 5.56 Å². The van der Waals surface area contributed by atoms with Crippen LogP contribution in [0, 0.1) is 13.8 Å². The van der Waals surface area contributed by atoms with Crippen LogP contribution in [0.4, 0.5) is 0 Å². The van der Waals surface area contributed by atoms with Crippen LogP contribution in [0.15, 0.2) is 54.6 Å². The van der Waals surface area contributed by atoms with Gasteiger partial charge >= 0.3 is 5.97 Å². The zero-order chi connectivity index (χ0) is 20.8. The molecule has 1 aliphatic carbocycles. The molecule has 5 rings (SSSR count). The maximum Gasteiger partial charge on any atom is 0.336 e. The van der Waals surface area contributed by atoms with E-state index in [1.807, 2.05) is 0 Å². The molecule has 0 aliphatic heterocycles. The van der Waals surface area contributed by atoms with E-state index in [1.54, 1.807) is 19.1 Å². The third-order valence-corrected chi connectivity index (χ3v) is 5.73. The van der Waals surface area contributed by atoms with E-state index in [0.29, 0.717) is 17.3 Å². The first-order chi connectivity index (χ1) is 14.5. The minimum absolute atomic E-state index is 0.219. The zero-order valence-electron chi connectivity index (χ0n) is 16.9. The van der Waals surface area contributed by atoms with Crippen molar-refractivity contribution in [3.8, 4) is 22.9 Å². The predicted octanol–water partition coefficient (Wildman–Crippen LogP) is 6.21. The van der Waals surface area contributed by atoms with Gasteiger partial charge in [-0.05, 0) is 84.7 Å². The van der Waals surface area contributed by atoms with E-state index in [1.165, 1.54) is 30.0 Å². The van der Waals surface area contributed by atoms with E-state index < -0.39 is 5.97 Å². The molecule has 5 heteroatoms. The van der Waals surface area contributed by atoms with Crippen molar-refractivity contribution in [2.75, 3.05) is 0 Å². The van der Waals surface area contributed by atoms with Gasteiger partial charge in [0.2, 0.25) is 0 Å². The Bertz CT molecular complexity index is 1270. The molecule has 0 saturated heterocycles. The summed E-state index contributed by atoms with van der Waals surface area (Å²) in [4.78, 5) is 19.1. The molecular weight excluding hydrogens is 376 g/mol. The van der Waals surface area contributed by atoms with Gasteiger partial charge in [0.1, 0.15) is 5.75 Å². The number of nitrogens with one attached hydrogen (secondary N) is 1. The number of hydrogen-bond acceptors (Lipinski definition) is 3. The van der Waals surface area contributed by atoms with Crippen LogP contribution in [-0.4, -0.2) is 21.0 Å². The van der Waals surface area contributed by atoms with Crippen molar-refractivity contribution in [2.45, 2.75) is 32.6 Å². The number of aromatic amines is 1. The van der Waals surface area contributed by atoms with Crippen molar-refractivity contribution in [1.82, 2.24) is 9.97 Å². The maximum absolute atomic E-state index is 11.4. The van der Waals surface area contributed by atoms with Crippen molar-refractivity contribution < 1.29 is 14.6 Å². The first kappa shape index (κ1) is 18.4. The highest BCUT2D eigenvalue weighted by molar-refractivity contribution is 5.90. The second kappa shape index (κ2) is 7.02. The first-order valence-electron chi connectivity index (χ1n) is 10.1. The maximum atomic E-state index is 11.4. The van der Waals surface area contributed by atoms with Crippen molar-refractivity contribution in [3.05, 3.63) is 76.9 Å². The molecule has 0 bridgehead atoms. The number of rotatable bonds is 5. The van der Waals surface area contributed by atoms with Crippen LogP contribution < -0.4 is 4.74 Å². The standard InChI is InChI=1S/C25H22N2O3/c1-14-3-10-19(12-21(14)24(28)29)30-25-26-22-11-15(2)20(13-23(22)27-25)18-8-6-17(7-9-18)16-4-5-16/h3,6-13,16H,4-5H2,1-2H3,(H,26,27)(H,28,29). The lowest BCUT2D eigenvalue weighted by Crippen LogP contribution is -2.00. The number of fused-ring (bicyclic) bond motifs is 1. The zero-order valence-corrected chi connectivity index (χ0v) is 16.9. The van der Waals surface area contributed by atoms with Gasteiger partial charge in [0.05, 0.1) is 16.6 Å². The van der Waals surface area contributed by atoms with Gasteiger partial charge in [-0.2, -0.15) is 4.98 Å². The van der Waals surface area contributed by atoms with Crippen molar-refractivity contribution in [2.24, 2.45) is 0 Å². The summed E-state index contributed by atoms with van der Waals surface area (Å²) >= 11 is 0. The lowest BCUT2D eigenvalue weighted by Gasteiger charge is -2.07. The normalized spacial score (nSPS) is 13.5. The summed E-state index contributed by atoms with van der Waals surface area (Å²) in [5.74, 6) is 0.206. The highest BCUT2D eigenvalue weighted by Gasteiger charge is 2.23. The molecule has 3 aromatic carbocycles. The summed E-state index contributed by atoms with van der Waals surface area (Å²) in [5, 5.41) is 9.31. The molecular formula is C25H22N2O3. The Labute approximate surface area is 174 Å². The summed E-state index contributed by atoms with van der Waals surface area (Å²) in [6.07, 6.45) is 2.60. The Hall–Kier alpha value is -3.60. The average Bonchev–Trinajstić information content (AvgIpc) is 3.50. The third-order valence-electron chi connectivity index (χ3n) is 5.73. The fourth-order valence-corrected chi connectivity index (χ4v) is 3.86. The van der Waals surface area contributed by atoms with Crippen LogP contribution >= 0.6 is 0 Å². The highest BCUT2D eigenvalue weighted by Crippen LogP contribution is 2.40. The largest absolute Gasteiger partial charge is 0.478 e. The molecule has 0 unspecified atom stereocenters. The topological polar surface area (TPSA) is 75.2 Å². The Balaban J connectivity index is 1.46. The van der Waals surface area contributed by atoms with Crippen molar-refractivity contribution >= 4 is 17.0 Å². The molecule has 1 aromatic heterocycles. The molecule has 1 fully saturated rings. The highest BCUT2D eigenvalue weighted by atomic mass is 16.5. The van der Waals surface area contributed by atoms with Gasteiger partial charge in [-0.25, -0.2) is 4.79 Å². The second-order valence-electron chi connectivity index (χ2n) is 8.01. The predicted molar refractivity (Wildman–Crippen MR) is 116 cm³/mol. The summed E-state index contributed by atoms with van der Waals surface area (Å²) in [7, 11) is 0. The minimum Gasteiger partial charge on any atom is -0.478 e. The van der Waals surface area contributed by atoms with Crippen LogP contribution in [0.1, 0.15) is 45.8 Å². The number of H-pyrrole nitrogens is 1. The lowest BCUT2D eigenvalue weighted by atomic mass is 9.98. The van der Waals surface area contributed by atoms with E-state index in [2.05, 4.69) is 53.3 Å².